The predicted molar refractivity (Wildman–Crippen MR) is 176 cm³/mol. The number of hydrogen-bond acceptors (Lipinski definition) is 10. The van der Waals surface area contributed by atoms with Crippen LogP contribution in [0.25, 0.3) is 0 Å². The monoisotopic (exact) mass is 614 g/mol. The second-order valence-electron chi connectivity index (χ2n) is 11.7. The molecule has 0 atom stereocenters. The molecule has 0 radical (unpaired) electrons. The molecule has 0 spiro atoms. The Labute approximate surface area is 264 Å². The Kier molecular flexibility index (Phi) is 7.66. The second-order valence-corrected chi connectivity index (χ2v) is 11.7. The zero-order chi connectivity index (χ0) is 31.6. The van der Waals surface area contributed by atoms with Crippen LogP contribution in [0.3, 0.4) is 0 Å². The van der Waals surface area contributed by atoms with Crippen molar-refractivity contribution in [1.29, 1.82) is 0 Å². The maximum atomic E-state index is 5.59. The van der Waals surface area contributed by atoms with Gasteiger partial charge >= 0.3 is 0 Å². The van der Waals surface area contributed by atoms with Gasteiger partial charge in [0.15, 0.2) is 11.9 Å². The number of aryl methyl sites for hydroxylation is 2. The molecule has 0 saturated carbocycles. The first-order valence-electron chi connectivity index (χ1n) is 15.0. The lowest BCUT2D eigenvalue weighted by Gasteiger charge is -2.03. The van der Waals surface area contributed by atoms with Crippen molar-refractivity contribution in [2.24, 2.45) is 9.98 Å². The van der Waals surface area contributed by atoms with Crippen LogP contribution in [0.2, 0.25) is 0 Å². The van der Waals surface area contributed by atoms with E-state index in [0.29, 0.717) is 37.8 Å². The molecule has 0 aliphatic carbocycles. The number of hydrogen-bond donors (Lipinski definition) is 4. The highest BCUT2D eigenvalue weighted by Crippen LogP contribution is 2.30. The number of aliphatic imine (C=N–C) groups is 2. The lowest BCUT2D eigenvalue weighted by Crippen LogP contribution is -2.10. The molecule has 14 heteroatoms. The van der Waals surface area contributed by atoms with Gasteiger partial charge in [-0.05, 0) is 48.2 Å². The highest BCUT2D eigenvalue weighted by molar-refractivity contribution is 5.94. The van der Waals surface area contributed by atoms with Gasteiger partial charge in [0, 0.05) is 60.9 Å². The first-order valence-corrected chi connectivity index (χ1v) is 15.0. The summed E-state index contributed by atoms with van der Waals surface area (Å²) in [5.41, 5.74) is 24.3. The third-order valence-corrected chi connectivity index (χ3v) is 7.93. The van der Waals surface area contributed by atoms with Crippen molar-refractivity contribution in [2.45, 2.75) is 52.6 Å². The Bertz CT molecular complexity index is 2070. The predicted octanol–water partition coefficient (Wildman–Crippen LogP) is 3.62. The van der Waals surface area contributed by atoms with E-state index >= 15 is 0 Å². The van der Waals surface area contributed by atoms with Crippen LogP contribution < -0.4 is 11.5 Å². The maximum Gasteiger partial charge on any atom is 0.197 e. The minimum Gasteiger partial charge on any atom is -0.369 e. The number of imidazole rings is 2. The van der Waals surface area contributed by atoms with Gasteiger partial charge in [-0.3, -0.25) is 9.98 Å². The van der Waals surface area contributed by atoms with Crippen LogP contribution >= 0.6 is 0 Å². The van der Waals surface area contributed by atoms with E-state index in [1.165, 1.54) is 22.3 Å². The zero-order valence-electron chi connectivity index (χ0n) is 25.6. The molecule has 0 amide bonds. The van der Waals surface area contributed by atoms with Crippen LogP contribution in [0.1, 0.15) is 45.0 Å². The number of benzene rings is 2. The quantitative estimate of drug-likeness (QED) is 0.199. The van der Waals surface area contributed by atoms with Gasteiger partial charge in [-0.15, -0.1) is 10.2 Å². The van der Waals surface area contributed by atoms with E-state index in [0.717, 1.165) is 58.4 Å². The molecule has 0 bridgehead atoms. The molecule has 14 nitrogen and oxygen atoms in total. The molecule has 0 saturated heterocycles. The van der Waals surface area contributed by atoms with Gasteiger partial charge in [-0.1, -0.05) is 34.7 Å². The Hall–Kier alpha value is -5.92. The molecule has 0 unspecified atom stereocenters. The van der Waals surface area contributed by atoms with Crippen molar-refractivity contribution in [3.05, 3.63) is 106 Å². The van der Waals surface area contributed by atoms with Crippen LogP contribution in [0, 0.1) is 13.8 Å². The van der Waals surface area contributed by atoms with Crippen molar-refractivity contribution >= 4 is 34.7 Å². The molecule has 2 aliphatic heterocycles. The van der Waals surface area contributed by atoms with Crippen LogP contribution in [0.4, 0.5) is 23.3 Å². The number of aromatic nitrogens is 10. The van der Waals surface area contributed by atoms with Crippen LogP contribution in [-0.2, 0) is 38.8 Å². The fraction of sp³-hybridized carbons (Fsp3) is 0.250. The van der Waals surface area contributed by atoms with E-state index in [1.54, 1.807) is 12.4 Å². The van der Waals surface area contributed by atoms with Crippen LogP contribution in [-0.4, -0.2) is 61.3 Å². The Morgan fingerprint density at radius 2 is 1.24 bits per heavy atom. The van der Waals surface area contributed by atoms with Crippen molar-refractivity contribution < 1.29 is 0 Å². The van der Waals surface area contributed by atoms with Gasteiger partial charge in [0.05, 0.1) is 48.2 Å². The van der Waals surface area contributed by atoms with E-state index in [-0.39, 0.29) is 0 Å². The van der Waals surface area contributed by atoms with E-state index in [9.17, 15) is 0 Å². The number of aromatic amines is 2. The summed E-state index contributed by atoms with van der Waals surface area (Å²) in [6.07, 6.45) is 10.3. The summed E-state index contributed by atoms with van der Waals surface area (Å²) in [6, 6.07) is 12.6. The largest absolute Gasteiger partial charge is 0.369 e. The number of nitrogens with one attached hydrogen (secondary N) is 2. The number of para-hydroxylation sites is 1. The van der Waals surface area contributed by atoms with Crippen LogP contribution in [0.5, 0.6) is 0 Å². The average Bonchev–Trinajstić information content (AvgIpc) is 3.87. The van der Waals surface area contributed by atoms with Crippen LogP contribution in [0.15, 0.2) is 71.2 Å². The molecule has 2 aromatic carbocycles. The Balaban J connectivity index is 0.000000147. The third-order valence-electron chi connectivity index (χ3n) is 7.93. The fourth-order valence-corrected chi connectivity index (χ4v) is 5.61. The highest BCUT2D eigenvalue weighted by atomic mass is 15.4. The number of rotatable bonds is 8. The summed E-state index contributed by atoms with van der Waals surface area (Å²) in [6.45, 7) is 5.58. The molecule has 2 aliphatic rings. The number of nitrogens with two attached hydrogens (primary N) is 2. The van der Waals surface area contributed by atoms with Crippen molar-refractivity contribution in [2.75, 3.05) is 11.5 Å². The summed E-state index contributed by atoms with van der Waals surface area (Å²) in [5, 5.41) is 16.8. The number of H-pyrrole nitrogens is 2. The summed E-state index contributed by atoms with van der Waals surface area (Å²) in [4.78, 5) is 23.3. The van der Waals surface area contributed by atoms with Crippen molar-refractivity contribution in [1.82, 2.24) is 49.9 Å². The lowest BCUT2D eigenvalue weighted by atomic mass is 10.0. The molecule has 232 valence electrons. The number of nitrogens with zero attached hydrogens (tertiary/aromatic N) is 10. The van der Waals surface area contributed by atoms with Crippen molar-refractivity contribution in [3.8, 4) is 0 Å². The average molecular weight is 615 g/mol. The first kappa shape index (κ1) is 28.8. The normalized spacial score (nSPS) is 13.2. The molecule has 8 rings (SSSR count). The van der Waals surface area contributed by atoms with Gasteiger partial charge in [0.1, 0.15) is 0 Å². The van der Waals surface area contributed by atoms with E-state index < -0.39 is 0 Å². The summed E-state index contributed by atoms with van der Waals surface area (Å²) >= 11 is 0. The minimum atomic E-state index is 0.417. The summed E-state index contributed by atoms with van der Waals surface area (Å²) in [7, 11) is 0. The number of anilines is 2. The van der Waals surface area contributed by atoms with Gasteiger partial charge < -0.3 is 21.4 Å². The fourth-order valence-electron chi connectivity index (χ4n) is 5.61. The molecule has 46 heavy (non-hydrogen) atoms. The molecule has 4 aromatic heterocycles. The van der Waals surface area contributed by atoms with E-state index in [2.05, 4.69) is 77.6 Å². The van der Waals surface area contributed by atoms with Crippen molar-refractivity contribution in [3.63, 3.8) is 0 Å². The molecular weight excluding hydrogens is 580 g/mol. The highest BCUT2D eigenvalue weighted by Gasteiger charge is 2.17. The maximum absolute atomic E-state index is 5.59. The summed E-state index contributed by atoms with van der Waals surface area (Å²) in [5.74, 6) is 0.835. The number of nitrogen functional groups attached to an aromatic ring is 2. The SMILES string of the molecule is Cc1cc2c(cc1C)N=C(Cn1cc(Cc3cnc(N)[nH]3)nn1)C2.Nc1ncc(Cc2cn(CC3=Nc4ccccc4C3)nn2)[nH]1. The zero-order valence-corrected chi connectivity index (χ0v) is 25.6. The number of fused-ring (bicyclic) bond motifs is 2. The standard InChI is InChI=1S/C17H19N7.C15H15N7/c1-10-3-12-5-14(20-16(12)4-11(10)2)8-24-9-15(22-23-24)6-13-7-19-17(18)21-13;16-15-17-7-11(19-15)6-13-9-22(21-20-13)8-12-5-10-3-1-2-4-14(10)18-12/h3-4,7,9H,5-6,8H2,1-2H3,(H3,18,19,21);1-4,7,9H,5-6,8H2,(H3,16,17,19). The lowest BCUT2D eigenvalue weighted by molar-refractivity contribution is 0.676. The van der Waals surface area contributed by atoms with Gasteiger partial charge in [0.2, 0.25) is 0 Å². The van der Waals surface area contributed by atoms with Gasteiger partial charge in [0.25, 0.3) is 0 Å². The second kappa shape index (κ2) is 12.2. The molecule has 6 heterocycles. The van der Waals surface area contributed by atoms with Gasteiger partial charge in [-0.2, -0.15) is 0 Å². The third kappa shape index (κ3) is 6.60. The molecule has 6 aromatic rings. The molecule has 0 fully saturated rings. The minimum absolute atomic E-state index is 0.417. The van der Waals surface area contributed by atoms with Gasteiger partial charge in [-0.25, -0.2) is 19.3 Å². The topological polar surface area (TPSA) is 196 Å². The Morgan fingerprint density at radius 3 is 1.80 bits per heavy atom. The summed E-state index contributed by atoms with van der Waals surface area (Å²) < 4.78 is 3.65. The van der Waals surface area contributed by atoms with E-state index in [1.807, 2.05) is 40.0 Å². The molecular formula is C32H34N14. The van der Waals surface area contributed by atoms with E-state index in [4.69, 9.17) is 16.5 Å². The molecule has 6 N–H and O–H groups in total. The Morgan fingerprint density at radius 1 is 0.696 bits per heavy atom. The first-order chi connectivity index (χ1) is 22.3. The smallest absolute Gasteiger partial charge is 0.197 e.